The molecule has 0 aromatic heterocycles. The lowest BCUT2D eigenvalue weighted by atomic mass is 9.93. The van der Waals surface area contributed by atoms with Crippen LogP contribution in [-0.2, 0) is 27.3 Å². The summed E-state index contributed by atoms with van der Waals surface area (Å²) in [4.78, 5) is 40.2. The van der Waals surface area contributed by atoms with Gasteiger partial charge in [-0.15, -0.1) is 0 Å². The number of amides is 3. The zero-order valence-electron chi connectivity index (χ0n) is 20.4. The summed E-state index contributed by atoms with van der Waals surface area (Å²) in [6.07, 6.45) is 1.53. The van der Waals surface area contributed by atoms with Crippen LogP contribution in [0.15, 0.2) is 54.6 Å². The molecule has 2 atom stereocenters. The maximum Gasteiger partial charge on any atom is 0.243 e. The van der Waals surface area contributed by atoms with Crippen molar-refractivity contribution in [3.63, 3.8) is 0 Å². The lowest BCUT2D eigenvalue weighted by molar-refractivity contribution is -0.137. The minimum Gasteiger partial charge on any atom is -0.350 e. The van der Waals surface area contributed by atoms with E-state index in [1.807, 2.05) is 44.2 Å². The van der Waals surface area contributed by atoms with Crippen molar-refractivity contribution in [3.05, 3.63) is 71.5 Å². The third-order valence-corrected chi connectivity index (χ3v) is 6.42. The van der Waals surface area contributed by atoms with Crippen LogP contribution in [0.5, 0.6) is 0 Å². The lowest BCUT2D eigenvalue weighted by Gasteiger charge is -2.34. The molecule has 1 fully saturated rings. The summed E-state index contributed by atoms with van der Waals surface area (Å²) >= 11 is 0. The molecule has 35 heavy (non-hydrogen) atoms. The summed E-state index contributed by atoms with van der Waals surface area (Å²) < 4.78 is 13.1. The van der Waals surface area contributed by atoms with Gasteiger partial charge in [-0.25, -0.2) is 4.39 Å². The molecule has 2 unspecified atom stereocenters. The normalized spacial score (nSPS) is 16.0. The fraction of sp³-hybridized carbons (Fsp3) is 0.444. The minimum atomic E-state index is -0.679. The number of nitrogens with zero attached hydrogens (tertiary/aromatic N) is 1. The van der Waals surface area contributed by atoms with E-state index in [0.717, 1.165) is 11.1 Å². The van der Waals surface area contributed by atoms with E-state index >= 15 is 0 Å². The van der Waals surface area contributed by atoms with Gasteiger partial charge in [-0.2, -0.15) is 0 Å². The number of likely N-dealkylation sites (tertiary alicyclic amines) is 1. The van der Waals surface area contributed by atoms with E-state index in [9.17, 15) is 18.8 Å². The van der Waals surface area contributed by atoms with Gasteiger partial charge in [0.2, 0.25) is 17.7 Å². The Hall–Kier alpha value is -3.26. The Bertz CT molecular complexity index is 989. The van der Waals surface area contributed by atoms with Gasteiger partial charge in [0.25, 0.3) is 0 Å². The van der Waals surface area contributed by atoms with Gasteiger partial charge in [0.05, 0.1) is 6.04 Å². The molecule has 0 spiro atoms. The fourth-order valence-corrected chi connectivity index (χ4v) is 4.26. The van der Waals surface area contributed by atoms with Crippen LogP contribution in [0.2, 0.25) is 0 Å². The van der Waals surface area contributed by atoms with Gasteiger partial charge in [0.15, 0.2) is 0 Å². The number of carbonyl (C=O) groups is 3. The molecule has 0 aliphatic carbocycles. The first-order valence-corrected chi connectivity index (χ1v) is 12.2. The fourth-order valence-electron chi connectivity index (χ4n) is 4.26. The standard InChI is InChI=1S/C27H35FN4O3/c1-18(2)24(26(34)30-17-20-8-10-22(28)11-9-20)31-25(33)21-12-14-32(15-13-21)27(35)23(29)16-19-6-4-3-5-7-19/h3-11,18,21,23-24H,12-17,29H2,1-2H3,(H,30,34)(H,31,33). The molecule has 188 valence electrons. The Labute approximate surface area is 206 Å². The number of hydrogen-bond acceptors (Lipinski definition) is 4. The predicted octanol–water partition coefficient (Wildman–Crippen LogP) is 2.39. The maximum absolute atomic E-state index is 13.1. The van der Waals surface area contributed by atoms with Gasteiger partial charge in [0.1, 0.15) is 11.9 Å². The summed E-state index contributed by atoms with van der Waals surface area (Å²) in [5.41, 5.74) is 7.94. The Kier molecular flexibility index (Phi) is 9.37. The van der Waals surface area contributed by atoms with Crippen LogP contribution in [0.1, 0.15) is 37.8 Å². The lowest BCUT2D eigenvalue weighted by Crippen LogP contribution is -2.53. The van der Waals surface area contributed by atoms with Crippen molar-refractivity contribution in [2.45, 2.75) is 51.7 Å². The van der Waals surface area contributed by atoms with E-state index in [-0.39, 0.29) is 41.9 Å². The van der Waals surface area contributed by atoms with Crippen molar-refractivity contribution in [1.29, 1.82) is 0 Å². The van der Waals surface area contributed by atoms with E-state index in [2.05, 4.69) is 10.6 Å². The molecule has 0 bridgehead atoms. The topological polar surface area (TPSA) is 105 Å². The molecule has 1 aliphatic heterocycles. The van der Waals surface area contributed by atoms with Gasteiger partial charge in [-0.05, 0) is 48.4 Å². The van der Waals surface area contributed by atoms with Crippen molar-refractivity contribution in [2.75, 3.05) is 13.1 Å². The molecule has 2 aromatic carbocycles. The van der Waals surface area contributed by atoms with Gasteiger partial charge in [-0.3, -0.25) is 14.4 Å². The minimum absolute atomic E-state index is 0.104. The van der Waals surface area contributed by atoms with E-state index in [1.54, 1.807) is 17.0 Å². The highest BCUT2D eigenvalue weighted by molar-refractivity contribution is 5.89. The summed E-state index contributed by atoms with van der Waals surface area (Å²) in [5, 5.41) is 5.71. The third kappa shape index (κ3) is 7.62. The van der Waals surface area contributed by atoms with Crippen LogP contribution in [0, 0.1) is 17.7 Å². The number of rotatable bonds is 9. The first-order chi connectivity index (χ1) is 16.7. The number of piperidine rings is 1. The molecular formula is C27H35FN4O3. The van der Waals surface area contributed by atoms with Crippen LogP contribution >= 0.6 is 0 Å². The molecule has 1 aliphatic rings. The Balaban J connectivity index is 1.47. The molecule has 3 rings (SSSR count). The Morgan fingerprint density at radius 3 is 2.23 bits per heavy atom. The highest BCUT2D eigenvalue weighted by atomic mass is 19.1. The quantitative estimate of drug-likeness (QED) is 0.510. The average molecular weight is 483 g/mol. The zero-order valence-corrected chi connectivity index (χ0v) is 20.4. The maximum atomic E-state index is 13.1. The van der Waals surface area contributed by atoms with Crippen molar-refractivity contribution in [2.24, 2.45) is 17.6 Å². The molecule has 3 amide bonds. The number of carbonyl (C=O) groups excluding carboxylic acids is 3. The average Bonchev–Trinajstić information content (AvgIpc) is 2.86. The van der Waals surface area contributed by atoms with Crippen LogP contribution < -0.4 is 16.4 Å². The van der Waals surface area contributed by atoms with Crippen molar-refractivity contribution >= 4 is 17.7 Å². The van der Waals surface area contributed by atoms with Crippen molar-refractivity contribution in [1.82, 2.24) is 15.5 Å². The summed E-state index contributed by atoms with van der Waals surface area (Å²) in [6.45, 7) is 4.92. The first kappa shape index (κ1) is 26.3. The summed E-state index contributed by atoms with van der Waals surface area (Å²) in [6, 6.07) is 14.3. The smallest absolute Gasteiger partial charge is 0.243 e. The highest BCUT2D eigenvalue weighted by Gasteiger charge is 2.32. The number of benzene rings is 2. The van der Waals surface area contributed by atoms with Gasteiger partial charge < -0.3 is 21.3 Å². The van der Waals surface area contributed by atoms with E-state index in [1.165, 1.54) is 12.1 Å². The molecule has 1 heterocycles. The zero-order chi connectivity index (χ0) is 25.4. The van der Waals surface area contributed by atoms with Gasteiger partial charge in [0, 0.05) is 25.6 Å². The Morgan fingerprint density at radius 1 is 1.00 bits per heavy atom. The largest absolute Gasteiger partial charge is 0.350 e. The molecule has 8 heteroatoms. The molecule has 7 nitrogen and oxygen atoms in total. The molecule has 0 saturated carbocycles. The molecule has 2 aromatic rings. The predicted molar refractivity (Wildman–Crippen MR) is 132 cm³/mol. The van der Waals surface area contributed by atoms with Crippen LogP contribution in [-0.4, -0.2) is 47.8 Å². The monoisotopic (exact) mass is 482 g/mol. The van der Waals surface area contributed by atoms with E-state index in [0.29, 0.717) is 32.4 Å². The second kappa shape index (κ2) is 12.4. The van der Waals surface area contributed by atoms with Crippen LogP contribution in [0.4, 0.5) is 4.39 Å². The Morgan fingerprint density at radius 2 is 1.63 bits per heavy atom. The van der Waals surface area contributed by atoms with Gasteiger partial charge in [-0.1, -0.05) is 56.3 Å². The van der Waals surface area contributed by atoms with E-state index < -0.39 is 12.1 Å². The number of nitrogens with two attached hydrogens (primary N) is 1. The summed E-state index contributed by atoms with van der Waals surface area (Å²) in [7, 11) is 0. The van der Waals surface area contributed by atoms with Crippen LogP contribution in [0.25, 0.3) is 0 Å². The number of nitrogens with one attached hydrogen (secondary N) is 2. The highest BCUT2D eigenvalue weighted by Crippen LogP contribution is 2.19. The van der Waals surface area contributed by atoms with Crippen molar-refractivity contribution in [3.8, 4) is 0 Å². The SMILES string of the molecule is CC(C)C(NC(=O)C1CCN(C(=O)C(N)Cc2ccccc2)CC1)C(=O)NCc1ccc(F)cc1. The van der Waals surface area contributed by atoms with Crippen LogP contribution in [0.3, 0.4) is 0 Å². The molecule has 4 N–H and O–H groups in total. The molecular weight excluding hydrogens is 447 g/mol. The molecule has 0 radical (unpaired) electrons. The number of hydrogen-bond donors (Lipinski definition) is 3. The van der Waals surface area contributed by atoms with Gasteiger partial charge >= 0.3 is 0 Å². The first-order valence-electron chi connectivity index (χ1n) is 12.2. The summed E-state index contributed by atoms with van der Waals surface area (Å²) in [5.74, 6) is -1.27. The third-order valence-electron chi connectivity index (χ3n) is 6.42. The number of halogens is 1. The second-order valence-electron chi connectivity index (χ2n) is 9.47. The van der Waals surface area contributed by atoms with Crippen molar-refractivity contribution < 1.29 is 18.8 Å². The van der Waals surface area contributed by atoms with E-state index in [4.69, 9.17) is 5.73 Å². The second-order valence-corrected chi connectivity index (χ2v) is 9.47. The molecule has 1 saturated heterocycles.